The number of rotatable bonds is 7. The fraction of sp³-hybridized carbons (Fsp3) is 0.111. The van der Waals surface area contributed by atoms with Gasteiger partial charge in [-0.15, -0.1) is 0 Å². The van der Waals surface area contributed by atoms with Crippen molar-refractivity contribution >= 4 is 55.1 Å². The van der Waals surface area contributed by atoms with Crippen molar-refractivity contribution in [3.63, 3.8) is 0 Å². The maximum absolute atomic E-state index is 13.6. The van der Waals surface area contributed by atoms with Crippen LogP contribution >= 0.6 is 15.9 Å². The molecule has 5 aromatic rings. The van der Waals surface area contributed by atoms with E-state index in [1.54, 1.807) is 44.4 Å². The van der Waals surface area contributed by atoms with E-state index in [9.17, 15) is 14.0 Å². The number of nitrogens with one attached hydrogen (secondary N) is 1. The summed E-state index contributed by atoms with van der Waals surface area (Å²) in [5.74, 6) is -0.282. The van der Waals surface area contributed by atoms with Gasteiger partial charge in [0.1, 0.15) is 22.7 Å². The number of halogens is 2. The Morgan fingerprint density at radius 3 is 2.49 bits per heavy atom. The predicted octanol–water partition coefficient (Wildman–Crippen LogP) is 6.92. The topological polar surface area (TPSA) is 81.7 Å². The lowest BCUT2D eigenvalue weighted by Gasteiger charge is -2.08. The average Bonchev–Trinajstić information content (AvgIpc) is 3.39. The Morgan fingerprint density at radius 2 is 1.71 bits per heavy atom. The first kappa shape index (κ1) is 22.9. The molecule has 0 amide bonds. The lowest BCUT2D eigenvalue weighted by atomic mass is 10.1. The van der Waals surface area contributed by atoms with E-state index in [0.717, 1.165) is 0 Å². The largest absolute Gasteiger partial charge is 0.496 e. The second-order valence-electron chi connectivity index (χ2n) is 7.95. The third-order valence-corrected chi connectivity index (χ3v) is 6.41. The number of carbonyl (C=O) groups excluding carboxylic acids is 2. The van der Waals surface area contributed by atoms with Gasteiger partial charge in [-0.25, -0.2) is 4.39 Å². The molecule has 0 saturated heterocycles. The number of para-hydroxylation sites is 1. The summed E-state index contributed by atoms with van der Waals surface area (Å²) >= 11 is 3.40. The maximum atomic E-state index is 13.6. The van der Waals surface area contributed by atoms with Gasteiger partial charge in [-0.2, -0.15) is 0 Å². The highest BCUT2D eigenvalue weighted by atomic mass is 79.9. The number of Topliss-reactive ketones (excluding diaryl/α,β-unsaturated/α-hetero) is 1. The number of carbonyl (C=O) groups is 2. The molecular formula is C27H19BrFNO5. The molecule has 3 aromatic carbocycles. The van der Waals surface area contributed by atoms with E-state index in [1.165, 1.54) is 18.2 Å². The summed E-state index contributed by atoms with van der Waals surface area (Å²) < 4.78 is 31.1. The zero-order valence-electron chi connectivity index (χ0n) is 18.8. The molecule has 0 atom stereocenters. The van der Waals surface area contributed by atoms with Crippen molar-refractivity contribution in [3.05, 3.63) is 93.6 Å². The summed E-state index contributed by atoms with van der Waals surface area (Å²) in [6.45, 7) is 1.56. The van der Waals surface area contributed by atoms with E-state index in [-0.39, 0.29) is 29.6 Å². The molecule has 0 aliphatic rings. The highest BCUT2D eigenvalue weighted by Crippen LogP contribution is 2.34. The zero-order chi connectivity index (χ0) is 24.7. The minimum atomic E-state index is -0.406. The Balaban J connectivity index is 1.48. The van der Waals surface area contributed by atoms with Crippen LogP contribution in [0.25, 0.3) is 21.9 Å². The first-order valence-corrected chi connectivity index (χ1v) is 11.5. The monoisotopic (exact) mass is 535 g/mol. The lowest BCUT2D eigenvalue weighted by Crippen LogP contribution is -2.16. The number of hydrogen-bond donors (Lipinski definition) is 1. The normalized spacial score (nSPS) is 11.2. The van der Waals surface area contributed by atoms with Gasteiger partial charge >= 0.3 is 0 Å². The number of fused-ring (bicyclic) bond motifs is 2. The summed E-state index contributed by atoms with van der Waals surface area (Å²) in [6.07, 6.45) is 0. The Morgan fingerprint density at radius 1 is 0.971 bits per heavy atom. The molecular weight excluding hydrogens is 517 g/mol. The molecule has 0 saturated carbocycles. The smallest absolute Gasteiger partial charge is 0.230 e. The van der Waals surface area contributed by atoms with Crippen LogP contribution < -0.4 is 10.1 Å². The van der Waals surface area contributed by atoms with Gasteiger partial charge in [0.2, 0.25) is 11.6 Å². The van der Waals surface area contributed by atoms with Crippen LogP contribution in [-0.2, 0) is 0 Å². The molecule has 176 valence electrons. The van der Waals surface area contributed by atoms with Crippen LogP contribution in [0.4, 0.5) is 10.1 Å². The summed E-state index contributed by atoms with van der Waals surface area (Å²) in [5, 5.41) is 4.28. The molecule has 2 heterocycles. The molecule has 2 aromatic heterocycles. The first-order valence-electron chi connectivity index (χ1n) is 10.7. The van der Waals surface area contributed by atoms with Gasteiger partial charge in [0.05, 0.1) is 23.8 Å². The van der Waals surface area contributed by atoms with Gasteiger partial charge < -0.3 is 18.9 Å². The molecule has 35 heavy (non-hydrogen) atoms. The van der Waals surface area contributed by atoms with Crippen molar-refractivity contribution in [1.82, 2.24) is 0 Å². The Bertz CT molecular complexity index is 1620. The SMILES string of the molecule is COc1ccc(C(=O)c2oc3ccccc3c2NCC(=O)c2oc3ccc(F)cc3c2C)cc1Br. The van der Waals surface area contributed by atoms with Gasteiger partial charge in [0.15, 0.2) is 11.5 Å². The van der Waals surface area contributed by atoms with E-state index in [1.807, 2.05) is 12.1 Å². The Hall–Kier alpha value is -3.91. The van der Waals surface area contributed by atoms with E-state index >= 15 is 0 Å². The molecule has 0 spiro atoms. The molecule has 1 N–H and O–H groups in total. The van der Waals surface area contributed by atoms with Crippen molar-refractivity contribution in [2.45, 2.75) is 6.92 Å². The molecule has 5 rings (SSSR count). The van der Waals surface area contributed by atoms with Crippen molar-refractivity contribution in [2.75, 3.05) is 19.0 Å². The van der Waals surface area contributed by atoms with E-state index in [4.69, 9.17) is 13.6 Å². The molecule has 0 fully saturated rings. The van der Waals surface area contributed by atoms with Gasteiger partial charge in [-0.1, -0.05) is 12.1 Å². The van der Waals surface area contributed by atoms with Crippen LogP contribution in [-0.4, -0.2) is 25.2 Å². The van der Waals surface area contributed by atoms with Crippen LogP contribution in [0, 0.1) is 12.7 Å². The number of aryl methyl sites for hydroxylation is 1. The highest BCUT2D eigenvalue weighted by molar-refractivity contribution is 9.10. The van der Waals surface area contributed by atoms with E-state index in [0.29, 0.717) is 49.0 Å². The number of benzene rings is 3. The maximum Gasteiger partial charge on any atom is 0.230 e. The van der Waals surface area contributed by atoms with Crippen LogP contribution in [0.1, 0.15) is 32.2 Å². The van der Waals surface area contributed by atoms with Crippen LogP contribution in [0.3, 0.4) is 0 Å². The van der Waals surface area contributed by atoms with Gasteiger partial charge in [-0.3, -0.25) is 9.59 Å². The highest BCUT2D eigenvalue weighted by Gasteiger charge is 2.24. The van der Waals surface area contributed by atoms with Crippen molar-refractivity contribution in [2.24, 2.45) is 0 Å². The minimum absolute atomic E-state index is 0.0828. The van der Waals surface area contributed by atoms with Crippen LogP contribution in [0.2, 0.25) is 0 Å². The molecule has 6 nitrogen and oxygen atoms in total. The first-order chi connectivity index (χ1) is 16.9. The Kier molecular flexibility index (Phi) is 5.90. The molecule has 0 radical (unpaired) electrons. The van der Waals surface area contributed by atoms with Crippen LogP contribution in [0.5, 0.6) is 5.75 Å². The summed E-state index contributed by atoms with van der Waals surface area (Å²) in [6, 6.07) is 16.3. The zero-order valence-corrected chi connectivity index (χ0v) is 20.4. The molecule has 0 unspecified atom stereocenters. The van der Waals surface area contributed by atoms with E-state index < -0.39 is 5.82 Å². The van der Waals surface area contributed by atoms with E-state index in [2.05, 4.69) is 21.2 Å². The number of ether oxygens (including phenoxy) is 1. The third kappa shape index (κ3) is 4.10. The predicted molar refractivity (Wildman–Crippen MR) is 134 cm³/mol. The number of furan rings is 2. The third-order valence-electron chi connectivity index (χ3n) is 5.79. The molecule has 8 heteroatoms. The van der Waals surface area contributed by atoms with Crippen molar-refractivity contribution < 1.29 is 27.6 Å². The average molecular weight is 536 g/mol. The fourth-order valence-corrected chi connectivity index (χ4v) is 4.57. The number of anilines is 1. The van der Waals surface area contributed by atoms with Gasteiger partial charge in [0, 0.05) is 21.9 Å². The quantitative estimate of drug-likeness (QED) is 0.228. The second kappa shape index (κ2) is 9.03. The fourth-order valence-electron chi connectivity index (χ4n) is 4.03. The molecule has 0 aliphatic heterocycles. The lowest BCUT2D eigenvalue weighted by molar-refractivity contribution is 0.0977. The summed E-state index contributed by atoms with van der Waals surface area (Å²) in [7, 11) is 1.54. The van der Waals surface area contributed by atoms with Crippen LogP contribution in [0.15, 0.2) is 74.0 Å². The standard InChI is InChI=1S/C27H19BrFNO5/c1-14-18-12-16(29)8-10-22(18)34-26(14)20(31)13-30-24-17-5-3-4-6-21(17)35-27(24)25(32)15-7-9-23(33-2)19(28)11-15/h3-12,30H,13H2,1-2H3. The second-order valence-corrected chi connectivity index (χ2v) is 8.81. The molecule has 0 bridgehead atoms. The summed E-state index contributed by atoms with van der Waals surface area (Å²) in [4.78, 5) is 26.4. The number of ketones is 2. The summed E-state index contributed by atoms with van der Waals surface area (Å²) in [5.41, 5.74) is 2.30. The van der Waals surface area contributed by atoms with Crippen molar-refractivity contribution in [1.29, 1.82) is 0 Å². The Labute approximate surface area is 207 Å². The minimum Gasteiger partial charge on any atom is -0.496 e. The van der Waals surface area contributed by atoms with Gasteiger partial charge in [-0.05, 0) is 71.4 Å². The molecule has 0 aliphatic carbocycles. The number of methoxy groups -OCH3 is 1. The van der Waals surface area contributed by atoms with Gasteiger partial charge in [0.25, 0.3) is 0 Å². The van der Waals surface area contributed by atoms with Crippen molar-refractivity contribution in [3.8, 4) is 5.75 Å². The number of hydrogen-bond acceptors (Lipinski definition) is 6.